The van der Waals surface area contributed by atoms with Crippen molar-refractivity contribution < 1.29 is 9.90 Å². The molecule has 5 nitrogen and oxygen atoms in total. The van der Waals surface area contributed by atoms with Crippen LogP contribution in [0.5, 0.6) is 0 Å². The molecule has 0 atom stereocenters. The number of anilines is 1. The molecule has 0 radical (unpaired) electrons. The summed E-state index contributed by atoms with van der Waals surface area (Å²) in [6, 6.07) is 0. The van der Waals surface area contributed by atoms with E-state index in [-0.39, 0.29) is 24.3 Å². The van der Waals surface area contributed by atoms with Gasteiger partial charge < -0.3 is 16.2 Å². The van der Waals surface area contributed by atoms with Crippen molar-refractivity contribution in [2.45, 2.75) is 25.7 Å². The quantitative estimate of drug-likeness (QED) is 0.692. The topological polar surface area (TPSA) is 88.2 Å². The van der Waals surface area contributed by atoms with Crippen molar-refractivity contribution in [2.75, 3.05) is 18.9 Å². The number of nitrogens with zero attached hydrogens (tertiary/aromatic N) is 1. The highest BCUT2D eigenvalue weighted by atomic mass is 32.1. The van der Waals surface area contributed by atoms with Crippen LogP contribution in [-0.2, 0) is 11.2 Å². The Morgan fingerprint density at radius 3 is 2.94 bits per heavy atom. The van der Waals surface area contributed by atoms with Crippen LogP contribution in [0.4, 0.5) is 5.13 Å². The van der Waals surface area contributed by atoms with Gasteiger partial charge in [-0.1, -0.05) is 0 Å². The zero-order valence-corrected chi connectivity index (χ0v) is 10.4. The van der Waals surface area contributed by atoms with Crippen LogP contribution in [0.1, 0.15) is 25.0 Å². The van der Waals surface area contributed by atoms with Gasteiger partial charge in [0.1, 0.15) is 0 Å². The Hall–Kier alpha value is -1.14. The van der Waals surface area contributed by atoms with Crippen LogP contribution in [0.25, 0.3) is 0 Å². The minimum Gasteiger partial charge on any atom is -0.396 e. The van der Waals surface area contributed by atoms with E-state index in [4.69, 9.17) is 10.8 Å². The Morgan fingerprint density at radius 1 is 1.65 bits per heavy atom. The van der Waals surface area contributed by atoms with Gasteiger partial charge in [0, 0.05) is 18.5 Å². The summed E-state index contributed by atoms with van der Waals surface area (Å²) in [6.45, 7) is 0.852. The van der Waals surface area contributed by atoms with Crippen LogP contribution >= 0.6 is 11.3 Å². The van der Waals surface area contributed by atoms with Crippen LogP contribution in [0.3, 0.4) is 0 Å². The highest BCUT2D eigenvalue weighted by molar-refractivity contribution is 7.13. The maximum Gasteiger partial charge on any atom is 0.226 e. The Balaban J connectivity index is 1.74. The minimum absolute atomic E-state index is 0.0282. The predicted molar refractivity (Wildman–Crippen MR) is 66.6 cm³/mol. The third-order valence-corrected chi connectivity index (χ3v) is 3.89. The van der Waals surface area contributed by atoms with E-state index in [1.54, 1.807) is 5.38 Å². The number of aliphatic hydroxyl groups is 1. The number of nitrogen functional groups attached to an aromatic ring is 1. The molecule has 1 heterocycles. The van der Waals surface area contributed by atoms with Gasteiger partial charge in [-0.05, 0) is 24.7 Å². The minimum atomic E-state index is -0.0282. The van der Waals surface area contributed by atoms with E-state index < -0.39 is 0 Å². The number of thiazole rings is 1. The van der Waals surface area contributed by atoms with Crippen LogP contribution < -0.4 is 11.1 Å². The Bertz CT molecular complexity index is 401. The summed E-state index contributed by atoms with van der Waals surface area (Å²) in [6.07, 6.45) is 3.24. The largest absolute Gasteiger partial charge is 0.396 e. The van der Waals surface area contributed by atoms with E-state index >= 15 is 0 Å². The summed E-state index contributed by atoms with van der Waals surface area (Å²) in [4.78, 5) is 15.7. The van der Waals surface area contributed by atoms with Crippen LogP contribution in [0, 0.1) is 5.41 Å². The standard InChI is InChI=1S/C11H17N3O2S/c12-10-14-8(6-17-10)5-9(16)13-7-11(1-2-11)3-4-15/h6,15H,1-5,7H2,(H2,12,14)(H,13,16). The summed E-state index contributed by atoms with van der Waals surface area (Å²) in [7, 11) is 0. The Labute approximate surface area is 104 Å². The van der Waals surface area contributed by atoms with Crippen LogP contribution in [-0.4, -0.2) is 29.1 Å². The van der Waals surface area contributed by atoms with Gasteiger partial charge in [0.25, 0.3) is 0 Å². The second-order valence-corrected chi connectivity index (χ2v) is 5.49. The molecule has 1 aliphatic rings. The van der Waals surface area contributed by atoms with Crippen LogP contribution in [0.2, 0.25) is 0 Å². The monoisotopic (exact) mass is 255 g/mol. The van der Waals surface area contributed by atoms with Crippen molar-refractivity contribution in [3.63, 3.8) is 0 Å². The van der Waals surface area contributed by atoms with Gasteiger partial charge >= 0.3 is 0 Å². The molecule has 1 amide bonds. The first kappa shape index (κ1) is 12.3. The molecule has 0 bridgehead atoms. The lowest BCUT2D eigenvalue weighted by molar-refractivity contribution is -0.120. The molecule has 1 fully saturated rings. The molecule has 94 valence electrons. The Kier molecular flexibility index (Phi) is 3.63. The lowest BCUT2D eigenvalue weighted by Crippen LogP contribution is -2.31. The van der Waals surface area contributed by atoms with Crippen molar-refractivity contribution in [3.8, 4) is 0 Å². The highest BCUT2D eigenvalue weighted by Gasteiger charge is 2.41. The molecular weight excluding hydrogens is 238 g/mol. The first-order valence-corrected chi connectivity index (χ1v) is 6.59. The van der Waals surface area contributed by atoms with Gasteiger partial charge in [-0.2, -0.15) is 0 Å². The lowest BCUT2D eigenvalue weighted by Gasteiger charge is -2.14. The SMILES string of the molecule is Nc1nc(CC(=O)NCC2(CCO)CC2)cs1. The zero-order valence-electron chi connectivity index (χ0n) is 9.61. The van der Waals surface area contributed by atoms with E-state index in [1.807, 2.05) is 0 Å². The normalized spacial score (nSPS) is 16.8. The molecule has 0 saturated heterocycles. The maximum absolute atomic E-state index is 11.7. The van der Waals surface area contributed by atoms with Crippen molar-refractivity contribution >= 4 is 22.4 Å². The average molecular weight is 255 g/mol. The van der Waals surface area contributed by atoms with Gasteiger partial charge in [-0.25, -0.2) is 4.98 Å². The third kappa shape index (κ3) is 3.41. The summed E-state index contributed by atoms with van der Waals surface area (Å²) >= 11 is 1.34. The van der Waals surface area contributed by atoms with E-state index in [1.165, 1.54) is 11.3 Å². The van der Waals surface area contributed by atoms with Gasteiger partial charge in [0.15, 0.2) is 5.13 Å². The van der Waals surface area contributed by atoms with Crippen molar-refractivity contribution in [1.82, 2.24) is 10.3 Å². The zero-order chi connectivity index (χ0) is 12.3. The molecule has 2 rings (SSSR count). The van der Waals surface area contributed by atoms with Crippen molar-refractivity contribution in [3.05, 3.63) is 11.1 Å². The summed E-state index contributed by atoms with van der Waals surface area (Å²) in [5.41, 5.74) is 6.37. The van der Waals surface area contributed by atoms with Gasteiger partial charge in [-0.15, -0.1) is 11.3 Å². The fourth-order valence-corrected chi connectivity index (χ4v) is 2.41. The molecule has 17 heavy (non-hydrogen) atoms. The van der Waals surface area contributed by atoms with Crippen molar-refractivity contribution in [1.29, 1.82) is 0 Å². The summed E-state index contributed by atoms with van der Waals surface area (Å²) in [5, 5.41) is 14.1. The van der Waals surface area contributed by atoms with E-state index in [2.05, 4.69) is 10.3 Å². The molecule has 6 heteroatoms. The number of nitrogens with one attached hydrogen (secondary N) is 1. The molecule has 0 unspecified atom stereocenters. The van der Waals surface area contributed by atoms with Crippen LogP contribution in [0.15, 0.2) is 5.38 Å². The number of carbonyl (C=O) groups excluding carboxylic acids is 1. The number of carbonyl (C=O) groups is 1. The number of hydrogen-bond donors (Lipinski definition) is 3. The number of aliphatic hydroxyl groups excluding tert-OH is 1. The van der Waals surface area contributed by atoms with E-state index in [0.29, 0.717) is 11.7 Å². The van der Waals surface area contributed by atoms with E-state index in [9.17, 15) is 4.79 Å². The number of aromatic nitrogens is 1. The second kappa shape index (κ2) is 5.01. The second-order valence-electron chi connectivity index (χ2n) is 4.60. The molecule has 4 N–H and O–H groups in total. The molecule has 0 aliphatic heterocycles. The van der Waals surface area contributed by atoms with E-state index in [0.717, 1.165) is 25.0 Å². The molecular formula is C11H17N3O2S. The average Bonchev–Trinajstić information content (AvgIpc) is 2.94. The maximum atomic E-state index is 11.7. The molecule has 1 saturated carbocycles. The Morgan fingerprint density at radius 2 is 2.41 bits per heavy atom. The van der Waals surface area contributed by atoms with Crippen molar-refractivity contribution in [2.24, 2.45) is 5.41 Å². The summed E-state index contributed by atoms with van der Waals surface area (Å²) < 4.78 is 0. The van der Waals surface area contributed by atoms with Gasteiger partial charge in [0.05, 0.1) is 12.1 Å². The fraction of sp³-hybridized carbons (Fsp3) is 0.636. The first-order valence-electron chi connectivity index (χ1n) is 5.71. The fourth-order valence-electron chi connectivity index (χ4n) is 1.85. The van der Waals surface area contributed by atoms with Gasteiger partial charge in [-0.3, -0.25) is 4.79 Å². The number of nitrogens with two attached hydrogens (primary N) is 1. The van der Waals surface area contributed by atoms with Gasteiger partial charge in [0.2, 0.25) is 5.91 Å². The molecule has 0 aromatic carbocycles. The molecule has 0 spiro atoms. The first-order chi connectivity index (χ1) is 8.13. The predicted octanol–water partition coefficient (Wildman–Crippen LogP) is 0.547. The number of hydrogen-bond acceptors (Lipinski definition) is 5. The molecule has 1 aromatic rings. The number of rotatable bonds is 6. The third-order valence-electron chi connectivity index (χ3n) is 3.17. The smallest absolute Gasteiger partial charge is 0.226 e. The molecule has 1 aliphatic carbocycles. The molecule has 1 aromatic heterocycles. The highest BCUT2D eigenvalue weighted by Crippen LogP contribution is 2.47. The lowest BCUT2D eigenvalue weighted by atomic mass is 10.0. The number of amides is 1. The summed E-state index contributed by atoms with van der Waals surface area (Å²) in [5.74, 6) is -0.0282.